The first kappa shape index (κ1) is 18.9. The van der Waals surface area contributed by atoms with E-state index in [-0.39, 0.29) is 31.4 Å². The fourth-order valence-electron chi connectivity index (χ4n) is 2.77. The molecule has 2 heterocycles. The number of carbonyl (C=O) groups is 2. The standard InChI is InChI=1S/C19H23N3O5/c1-13(2)11-27-16-10-22(14-6-4-3-5-7-14)20-17(16)18(23)21-8-9-26-12-15(21)19(24)25/h3-7,10,13,15H,8-9,11-12H2,1-2H3,(H,24,25). The third-order valence-corrected chi connectivity index (χ3v) is 4.15. The minimum atomic E-state index is -1.10. The first-order valence-electron chi connectivity index (χ1n) is 8.86. The average molecular weight is 373 g/mol. The molecule has 1 aromatic carbocycles. The van der Waals surface area contributed by atoms with E-state index < -0.39 is 17.9 Å². The predicted octanol–water partition coefficient (Wildman–Crippen LogP) is 1.83. The van der Waals surface area contributed by atoms with Crippen molar-refractivity contribution in [3.8, 4) is 11.4 Å². The van der Waals surface area contributed by atoms with Crippen molar-refractivity contribution in [2.75, 3.05) is 26.4 Å². The molecule has 27 heavy (non-hydrogen) atoms. The maximum absolute atomic E-state index is 13.1. The number of hydrogen-bond donors (Lipinski definition) is 1. The van der Waals surface area contributed by atoms with Gasteiger partial charge < -0.3 is 19.5 Å². The molecule has 1 saturated heterocycles. The van der Waals surface area contributed by atoms with Crippen LogP contribution in [0.5, 0.6) is 5.75 Å². The van der Waals surface area contributed by atoms with Gasteiger partial charge in [0.2, 0.25) is 0 Å². The van der Waals surface area contributed by atoms with E-state index in [2.05, 4.69) is 5.10 Å². The van der Waals surface area contributed by atoms with Crippen molar-refractivity contribution in [2.24, 2.45) is 5.92 Å². The molecule has 1 amide bonds. The quantitative estimate of drug-likeness (QED) is 0.830. The summed E-state index contributed by atoms with van der Waals surface area (Å²) in [6.07, 6.45) is 1.65. The van der Waals surface area contributed by atoms with Gasteiger partial charge in [-0.2, -0.15) is 5.10 Å². The molecule has 2 aromatic rings. The van der Waals surface area contributed by atoms with E-state index >= 15 is 0 Å². The summed E-state index contributed by atoms with van der Waals surface area (Å²) >= 11 is 0. The summed E-state index contributed by atoms with van der Waals surface area (Å²) in [7, 11) is 0. The number of carboxylic acids is 1. The molecule has 0 radical (unpaired) electrons. The summed E-state index contributed by atoms with van der Waals surface area (Å²) in [6.45, 7) is 4.88. The first-order chi connectivity index (χ1) is 13.0. The molecule has 0 bridgehead atoms. The molecule has 1 atom stereocenters. The van der Waals surface area contributed by atoms with Gasteiger partial charge in [-0.3, -0.25) is 4.79 Å². The zero-order valence-corrected chi connectivity index (χ0v) is 15.4. The van der Waals surface area contributed by atoms with Crippen LogP contribution in [0.1, 0.15) is 24.3 Å². The number of para-hydroxylation sites is 1. The summed E-state index contributed by atoms with van der Waals surface area (Å²) in [6, 6.07) is 8.32. The van der Waals surface area contributed by atoms with E-state index in [4.69, 9.17) is 9.47 Å². The van der Waals surface area contributed by atoms with Crippen LogP contribution in [0.3, 0.4) is 0 Å². The number of morpholine rings is 1. The molecular formula is C19H23N3O5. The number of nitrogens with zero attached hydrogens (tertiary/aromatic N) is 3. The van der Waals surface area contributed by atoms with Gasteiger partial charge in [-0.25, -0.2) is 9.48 Å². The number of aromatic nitrogens is 2. The van der Waals surface area contributed by atoms with E-state index in [1.54, 1.807) is 10.9 Å². The van der Waals surface area contributed by atoms with Gasteiger partial charge in [-0.05, 0) is 18.1 Å². The van der Waals surface area contributed by atoms with E-state index in [0.717, 1.165) is 5.69 Å². The van der Waals surface area contributed by atoms with Crippen LogP contribution < -0.4 is 4.74 Å². The van der Waals surface area contributed by atoms with Gasteiger partial charge in [-0.1, -0.05) is 32.0 Å². The molecule has 144 valence electrons. The number of hydrogen-bond acceptors (Lipinski definition) is 5. The van der Waals surface area contributed by atoms with E-state index in [1.165, 1.54) is 4.90 Å². The van der Waals surface area contributed by atoms with Gasteiger partial charge in [0.05, 0.1) is 31.7 Å². The van der Waals surface area contributed by atoms with Crippen molar-refractivity contribution in [2.45, 2.75) is 19.9 Å². The SMILES string of the molecule is CC(C)COc1cn(-c2ccccc2)nc1C(=O)N1CCOCC1C(=O)O. The monoisotopic (exact) mass is 373 g/mol. The maximum Gasteiger partial charge on any atom is 0.328 e. The highest BCUT2D eigenvalue weighted by atomic mass is 16.5. The van der Waals surface area contributed by atoms with Crippen LogP contribution in [0.4, 0.5) is 0 Å². The Bertz CT molecular complexity index is 803. The van der Waals surface area contributed by atoms with Crippen LogP contribution in [-0.4, -0.2) is 64.1 Å². The van der Waals surface area contributed by atoms with Gasteiger partial charge in [0.25, 0.3) is 5.91 Å². The van der Waals surface area contributed by atoms with Crippen LogP contribution in [0.15, 0.2) is 36.5 Å². The van der Waals surface area contributed by atoms with E-state index in [9.17, 15) is 14.7 Å². The summed E-state index contributed by atoms with van der Waals surface area (Å²) < 4.78 is 12.6. The first-order valence-corrected chi connectivity index (χ1v) is 8.86. The number of carbonyl (C=O) groups excluding carboxylic acids is 1. The Kier molecular flexibility index (Phi) is 5.75. The largest absolute Gasteiger partial charge is 0.489 e. The molecule has 0 spiro atoms. The van der Waals surface area contributed by atoms with Crippen LogP contribution in [0.25, 0.3) is 5.69 Å². The molecule has 1 unspecified atom stereocenters. The van der Waals surface area contributed by atoms with Gasteiger partial charge in [-0.15, -0.1) is 0 Å². The molecule has 1 aliphatic rings. The highest BCUT2D eigenvalue weighted by Crippen LogP contribution is 2.24. The van der Waals surface area contributed by atoms with Gasteiger partial charge in [0, 0.05) is 6.54 Å². The van der Waals surface area contributed by atoms with E-state index in [0.29, 0.717) is 12.4 Å². The number of benzene rings is 1. The Labute approximate surface area is 157 Å². The minimum absolute atomic E-state index is 0.0390. The third kappa shape index (κ3) is 4.28. The molecule has 3 rings (SSSR count). The van der Waals surface area contributed by atoms with Gasteiger partial charge in [0.1, 0.15) is 0 Å². The third-order valence-electron chi connectivity index (χ3n) is 4.15. The molecular weight excluding hydrogens is 350 g/mol. The van der Waals surface area contributed by atoms with Crippen molar-refractivity contribution < 1.29 is 24.2 Å². The van der Waals surface area contributed by atoms with Gasteiger partial charge in [0.15, 0.2) is 17.5 Å². The molecule has 0 saturated carbocycles. The number of ether oxygens (including phenoxy) is 2. The normalized spacial score (nSPS) is 17.1. The fraction of sp³-hybridized carbons (Fsp3) is 0.421. The molecule has 1 aromatic heterocycles. The Morgan fingerprint density at radius 1 is 1.33 bits per heavy atom. The van der Waals surface area contributed by atoms with Crippen LogP contribution in [0.2, 0.25) is 0 Å². The Hall–Kier alpha value is -2.87. The lowest BCUT2D eigenvalue weighted by Crippen LogP contribution is -2.52. The molecule has 1 N–H and O–H groups in total. The Balaban J connectivity index is 1.95. The summed E-state index contributed by atoms with van der Waals surface area (Å²) in [5.74, 6) is -0.967. The second-order valence-electron chi connectivity index (χ2n) is 6.75. The van der Waals surface area contributed by atoms with Crippen molar-refractivity contribution in [1.82, 2.24) is 14.7 Å². The molecule has 1 aliphatic heterocycles. The maximum atomic E-state index is 13.1. The van der Waals surface area contributed by atoms with Crippen LogP contribution >= 0.6 is 0 Å². The lowest BCUT2D eigenvalue weighted by atomic mass is 10.2. The summed E-state index contributed by atoms with van der Waals surface area (Å²) in [5.41, 5.74) is 0.885. The summed E-state index contributed by atoms with van der Waals surface area (Å²) in [4.78, 5) is 25.9. The van der Waals surface area contributed by atoms with Crippen molar-refractivity contribution in [3.63, 3.8) is 0 Å². The molecule has 8 heteroatoms. The van der Waals surface area contributed by atoms with Crippen LogP contribution in [-0.2, 0) is 9.53 Å². The number of rotatable bonds is 6. The summed E-state index contributed by atoms with van der Waals surface area (Å²) in [5, 5.41) is 13.8. The second kappa shape index (κ2) is 8.22. The lowest BCUT2D eigenvalue weighted by molar-refractivity contribution is -0.147. The van der Waals surface area contributed by atoms with Gasteiger partial charge >= 0.3 is 5.97 Å². The zero-order chi connectivity index (χ0) is 19.4. The number of amides is 1. The highest BCUT2D eigenvalue weighted by molar-refractivity contribution is 5.97. The number of carboxylic acid groups (broad SMARTS) is 1. The van der Waals surface area contributed by atoms with Crippen LogP contribution in [0, 0.1) is 5.92 Å². The highest BCUT2D eigenvalue weighted by Gasteiger charge is 2.36. The Morgan fingerprint density at radius 2 is 2.07 bits per heavy atom. The van der Waals surface area contributed by atoms with E-state index in [1.807, 2.05) is 44.2 Å². The average Bonchev–Trinajstić information content (AvgIpc) is 3.10. The minimum Gasteiger partial charge on any atom is -0.489 e. The molecule has 1 fully saturated rings. The topological polar surface area (TPSA) is 93.9 Å². The van der Waals surface area contributed by atoms with Crippen molar-refractivity contribution in [3.05, 3.63) is 42.2 Å². The smallest absolute Gasteiger partial charge is 0.328 e. The van der Waals surface area contributed by atoms with Crippen molar-refractivity contribution in [1.29, 1.82) is 0 Å². The zero-order valence-electron chi connectivity index (χ0n) is 15.4. The Morgan fingerprint density at radius 3 is 2.74 bits per heavy atom. The molecule has 0 aliphatic carbocycles. The fourth-order valence-corrected chi connectivity index (χ4v) is 2.77. The lowest BCUT2D eigenvalue weighted by Gasteiger charge is -2.32. The van der Waals surface area contributed by atoms with Crippen molar-refractivity contribution >= 4 is 11.9 Å². The number of aliphatic carboxylic acids is 1. The second-order valence-corrected chi connectivity index (χ2v) is 6.75. The molecule has 8 nitrogen and oxygen atoms in total. The predicted molar refractivity (Wildman–Crippen MR) is 97.2 cm³/mol.